The normalized spacial score (nSPS) is 13.6. The van der Waals surface area contributed by atoms with Gasteiger partial charge in [0.05, 0.1) is 5.60 Å². The Hall–Kier alpha value is -1.23. The Kier molecular flexibility index (Phi) is 3.68. The zero-order valence-electron chi connectivity index (χ0n) is 10.8. The van der Waals surface area contributed by atoms with Gasteiger partial charge < -0.3 is 9.84 Å². The fourth-order valence-corrected chi connectivity index (χ4v) is 1.28. The molecule has 102 valence electrons. The quantitative estimate of drug-likeness (QED) is 0.901. The van der Waals surface area contributed by atoms with Crippen LogP contribution in [0.25, 0.3) is 0 Å². The van der Waals surface area contributed by atoms with E-state index in [1.165, 1.54) is 12.1 Å². The van der Waals surface area contributed by atoms with Crippen LogP contribution in [0.2, 0.25) is 0 Å². The number of alkyl halides is 3. The van der Waals surface area contributed by atoms with E-state index in [4.69, 9.17) is 4.74 Å². The first-order valence-electron chi connectivity index (χ1n) is 5.52. The molecule has 0 bridgehead atoms. The van der Waals surface area contributed by atoms with E-state index >= 15 is 0 Å². The first-order chi connectivity index (χ1) is 7.93. The van der Waals surface area contributed by atoms with Gasteiger partial charge in [0.15, 0.2) is 5.60 Å². The molecule has 0 unspecified atom stereocenters. The molecule has 0 saturated heterocycles. The lowest BCUT2D eigenvalue weighted by atomic mass is 9.98. The van der Waals surface area contributed by atoms with Gasteiger partial charge in [-0.3, -0.25) is 0 Å². The summed E-state index contributed by atoms with van der Waals surface area (Å²) in [5, 5.41) is 9.72. The van der Waals surface area contributed by atoms with Crippen molar-refractivity contribution >= 4 is 0 Å². The van der Waals surface area contributed by atoms with Crippen LogP contribution in [0.3, 0.4) is 0 Å². The summed E-state index contributed by atoms with van der Waals surface area (Å²) in [5.41, 5.74) is -2.67. The van der Waals surface area contributed by atoms with Crippen molar-refractivity contribution in [2.75, 3.05) is 0 Å². The van der Waals surface area contributed by atoms with Gasteiger partial charge in [-0.2, -0.15) is 13.2 Å². The molecular formula is C13H17F3O2. The van der Waals surface area contributed by atoms with Crippen LogP contribution < -0.4 is 4.74 Å². The summed E-state index contributed by atoms with van der Waals surface area (Å²) in [5.74, 6) is 0.116. The van der Waals surface area contributed by atoms with Crippen molar-refractivity contribution in [2.24, 2.45) is 0 Å². The van der Waals surface area contributed by atoms with Gasteiger partial charge >= 0.3 is 6.18 Å². The Bertz CT molecular complexity index is 400. The van der Waals surface area contributed by atoms with E-state index in [1.807, 2.05) is 0 Å². The molecule has 0 aromatic heterocycles. The van der Waals surface area contributed by atoms with Crippen LogP contribution in [-0.2, 0) is 5.60 Å². The number of hydrogen-bond donors (Lipinski definition) is 1. The van der Waals surface area contributed by atoms with E-state index in [1.54, 1.807) is 26.0 Å². The molecule has 5 heteroatoms. The Morgan fingerprint density at radius 1 is 0.944 bits per heavy atom. The molecule has 1 rings (SSSR count). The molecule has 1 N–H and O–H groups in total. The zero-order valence-corrected chi connectivity index (χ0v) is 10.8. The highest BCUT2D eigenvalue weighted by Gasteiger charge is 2.49. The summed E-state index contributed by atoms with van der Waals surface area (Å²) in [6.07, 6.45) is -4.44. The van der Waals surface area contributed by atoms with Crippen LogP contribution in [0.5, 0.6) is 5.75 Å². The molecule has 0 heterocycles. The van der Waals surface area contributed by atoms with Crippen LogP contribution in [0, 0.1) is 0 Å². The fourth-order valence-electron chi connectivity index (χ4n) is 1.28. The minimum Gasteiger partial charge on any atom is -0.478 e. The molecule has 2 nitrogen and oxygen atoms in total. The van der Waals surface area contributed by atoms with Gasteiger partial charge in [0.25, 0.3) is 0 Å². The molecular weight excluding hydrogens is 245 g/mol. The number of rotatable bonds is 3. The van der Waals surface area contributed by atoms with Crippen LogP contribution in [0.1, 0.15) is 33.3 Å². The smallest absolute Gasteiger partial charge is 0.427 e. The molecule has 0 saturated carbocycles. The molecule has 1 aromatic rings. The summed E-state index contributed by atoms with van der Waals surface area (Å²) in [4.78, 5) is 0. The summed E-state index contributed by atoms with van der Waals surface area (Å²) >= 11 is 0. The summed E-state index contributed by atoms with van der Waals surface area (Å²) in [6.45, 7) is 5.14. The molecule has 0 fully saturated rings. The zero-order chi connectivity index (χ0) is 14.2. The van der Waals surface area contributed by atoms with Crippen LogP contribution in [0.4, 0.5) is 13.2 Å². The van der Waals surface area contributed by atoms with Crippen molar-refractivity contribution in [1.82, 2.24) is 0 Å². The molecule has 1 aromatic carbocycles. The van der Waals surface area contributed by atoms with Gasteiger partial charge in [0, 0.05) is 0 Å². The van der Waals surface area contributed by atoms with Crippen molar-refractivity contribution < 1.29 is 23.0 Å². The van der Waals surface area contributed by atoms with Gasteiger partial charge in [-0.1, -0.05) is 12.1 Å². The van der Waals surface area contributed by atoms with E-state index in [2.05, 4.69) is 0 Å². The predicted molar refractivity (Wildman–Crippen MR) is 62.4 cm³/mol. The number of hydrogen-bond acceptors (Lipinski definition) is 2. The minimum absolute atomic E-state index is 0.116. The highest BCUT2D eigenvalue weighted by atomic mass is 19.4. The van der Waals surface area contributed by atoms with Crippen LogP contribution in [0.15, 0.2) is 24.3 Å². The molecule has 0 radical (unpaired) electrons. The van der Waals surface area contributed by atoms with Gasteiger partial charge in [0.2, 0.25) is 0 Å². The number of ether oxygens (including phenoxy) is 1. The topological polar surface area (TPSA) is 29.5 Å². The first-order valence-corrected chi connectivity index (χ1v) is 5.52. The second kappa shape index (κ2) is 4.46. The van der Waals surface area contributed by atoms with Gasteiger partial charge in [0.1, 0.15) is 5.75 Å². The average molecular weight is 262 g/mol. The summed E-state index contributed by atoms with van der Waals surface area (Å²) in [7, 11) is 0. The maximum atomic E-state index is 12.6. The molecule has 0 spiro atoms. The van der Waals surface area contributed by atoms with Crippen molar-refractivity contribution in [3.8, 4) is 5.75 Å². The molecule has 18 heavy (non-hydrogen) atoms. The maximum absolute atomic E-state index is 12.6. The number of aliphatic hydroxyl groups is 1. The highest BCUT2D eigenvalue weighted by Crippen LogP contribution is 2.34. The molecule has 0 aliphatic carbocycles. The lowest BCUT2D eigenvalue weighted by Gasteiger charge is -2.29. The molecule has 0 amide bonds. The maximum Gasteiger partial charge on any atom is 0.427 e. The van der Waals surface area contributed by atoms with E-state index in [-0.39, 0.29) is 5.75 Å². The Labute approximate surface area is 104 Å². The number of halogens is 3. The summed E-state index contributed by atoms with van der Waals surface area (Å²) in [6, 6.07) is 5.92. The first kappa shape index (κ1) is 14.8. The molecule has 0 atom stereocenters. The van der Waals surface area contributed by atoms with Crippen molar-refractivity contribution in [3.05, 3.63) is 29.8 Å². The predicted octanol–water partition coefficient (Wildman–Crippen LogP) is 3.63. The lowest BCUT2D eigenvalue weighted by Crippen LogP contribution is -2.44. The third-order valence-electron chi connectivity index (χ3n) is 2.62. The average Bonchev–Trinajstić information content (AvgIpc) is 2.14. The fraction of sp³-hybridized carbons (Fsp3) is 0.538. The SMILES string of the molecule is CC(C)(O)c1ccc(OC(C)(C)C(F)(F)F)cc1. The van der Waals surface area contributed by atoms with E-state index in [0.29, 0.717) is 5.56 Å². The third-order valence-corrected chi connectivity index (χ3v) is 2.62. The molecule has 0 aliphatic rings. The Balaban J connectivity index is 2.89. The van der Waals surface area contributed by atoms with Crippen LogP contribution in [-0.4, -0.2) is 16.9 Å². The minimum atomic E-state index is -4.44. The Morgan fingerprint density at radius 3 is 1.72 bits per heavy atom. The van der Waals surface area contributed by atoms with Crippen molar-refractivity contribution in [3.63, 3.8) is 0 Å². The Morgan fingerprint density at radius 2 is 1.39 bits per heavy atom. The van der Waals surface area contributed by atoms with E-state index in [9.17, 15) is 18.3 Å². The summed E-state index contributed by atoms with van der Waals surface area (Å²) < 4.78 is 42.8. The van der Waals surface area contributed by atoms with Gasteiger partial charge in [-0.15, -0.1) is 0 Å². The highest BCUT2D eigenvalue weighted by molar-refractivity contribution is 5.30. The van der Waals surface area contributed by atoms with E-state index < -0.39 is 17.4 Å². The van der Waals surface area contributed by atoms with Crippen molar-refractivity contribution in [2.45, 2.75) is 45.1 Å². The molecule has 0 aliphatic heterocycles. The second-order valence-corrected chi connectivity index (χ2v) is 5.19. The second-order valence-electron chi connectivity index (χ2n) is 5.19. The van der Waals surface area contributed by atoms with Gasteiger partial charge in [-0.05, 0) is 45.4 Å². The largest absolute Gasteiger partial charge is 0.478 e. The standard InChI is InChI=1S/C13H17F3O2/c1-11(2,17)9-5-7-10(8-6-9)18-12(3,4)13(14,15)16/h5-8,17H,1-4H3. The third kappa shape index (κ3) is 3.38. The number of benzene rings is 1. The van der Waals surface area contributed by atoms with Gasteiger partial charge in [-0.25, -0.2) is 0 Å². The monoisotopic (exact) mass is 262 g/mol. The lowest BCUT2D eigenvalue weighted by molar-refractivity contribution is -0.234. The van der Waals surface area contributed by atoms with Crippen molar-refractivity contribution in [1.29, 1.82) is 0 Å². The van der Waals surface area contributed by atoms with Crippen LogP contribution >= 0.6 is 0 Å². The van der Waals surface area contributed by atoms with E-state index in [0.717, 1.165) is 13.8 Å².